The topological polar surface area (TPSA) is 95.5 Å². The fourth-order valence-corrected chi connectivity index (χ4v) is 1.57. The molecule has 114 valence electrons. The molecule has 1 aromatic carbocycles. The maximum Gasteiger partial charge on any atom is 0.325 e. The minimum Gasteiger partial charge on any atom is -0.481 e. The van der Waals surface area contributed by atoms with E-state index in [1.54, 1.807) is 6.92 Å². The first kappa shape index (κ1) is 16.6. The van der Waals surface area contributed by atoms with Crippen molar-refractivity contribution in [2.45, 2.75) is 27.2 Å². The molecule has 3 N–H and O–H groups in total. The number of aryl methyl sites for hydroxylation is 1. The van der Waals surface area contributed by atoms with Crippen molar-refractivity contribution in [3.63, 3.8) is 0 Å². The average Bonchev–Trinajstić information content (AvgIpc) is 2.31. The summed E-state index contributed by atoms with van der Waals surface area (Å²) in [7, 11) is 0. The lowest BCUT2D eigenvalue weighted by atomic mass is 9.89. The monoisotopic (exact) mass is 296 g/mol. The first-order chi connectivity index (χ1) is 9.61. The van der Waals surface area contributed by atoms with Crippen molar-refractivity contribution in [2.75, 3.05) is 5.32 Å². The van der Waals surface area contributed by atoms with Crippen molar-refractivity contribution in [1.82, 2.24) is 5.32 Å². The van der Waals surface area contributed by atoms with Gasteiger partial charge < -0.3 is 10.4 Å². The highest BCUT2D eigenvalue weighted by Crippen LogP contribution is 2.20. The Hall–Kier alpha value is -2.44. The van der Waals surface area contributed by atoms with Crippen molar-refractivity contribution in [3.8, 4) is 0 Å². The summed E-state index contributed by atoms with van der Waals surface area (Å²) in [4.78, 5) is 34.1. The summed E-state index contributed by atoms with van der Waals surface area (Å²) in [6, 6.07) is 3.00. The third-order valence-electron chi connectivity index (χ3n) is 2.87. The standard InChI is InChI=1S/C14H17FN2O4/c1-8-6-9(15)4-5-10(8)16-13(21)17-11(18)7-14(2,3)12(19)20/h4-6H,7H2,1-3H3,(H,19,20)(H2,16,17,18,21). The number of halogens is 1. The largest absolute Gasteiger partial charge is 0.481 e. The van der Waals surface area contributed by atoms with Gasteiger partial charge in [0.1, 0.15) is 5.82 Å². The third kappa shape index (κ3) is 4.87. The fraction of sp³-hybridized carbons (Fsp3) is 0.357. The molecule has 6 nitrogen and oxygen atoms in total. The van der Waals surface area contributed by atoms with Crippen LogP contribution in [-0.4, -0.2) is 23.0 Å². The number of rotatable bonds is 4. The Kier molecular flexibility index (Phi) is 5.02. The summed E-state index contributed by atoms with van der Waals surface area (Å²) in [5.74, 6) is -2.27. The first-order valence-electron chi connectivity index (χ1n) is 6.22. The highest BCUT2D eigenvalue weighted by atomic mass is 19.1. The molecule has 21 heavy (non-hydrogen) atoms. The Morgan fingerprint density at radius 3 is 2.43 bits per heavy atom. The lowest BCUT2D eigenvalue weighted by Gasteiger charge is -2.18. The number of anilines is 1. The van der Waals surface area contributed by atoms with Crippen molar-refractivity contribution >= 4 is 23.6 Å². The predicted molar refractivity (Wildman–Crippen MR) is 74.3 cm³/mol. The van der Waals surface area contributed by atoms with E-state index in [2.05, 4.69) is 5.32 Å². The lowest BCUT2D eigenvalue weighted by Crippen LogP contribution is -2.38. The van der Waals surface area contributed by atoms with Crippen molar-refractivity contribution < 1.29 is 23.9 Å². The minimum absolute atomic E-state index is 0.335. The summed E-state index contributed by atoms with van der Waals surface area (Å²) in [6.45, 7) is 4.38. The van der Waals surface area contributed by atoms with Gasteiger partial charge in [-0.1, -0.05) is 0 Å². The molecule has 0 saturated heterocycles. The zero-order valence-corrected chi connectivity index (χ0v) is 12.0. The summed E-state index contributed by atoms with van der Waals surface area (Å²) in [6.07, 6.45) is -0.335. The molecular weight excluding hydrogens is 279 g/mol. The molecule has 0 aromatic heterocycles. The average molecular weight is 296 g/mol. The molecule has 0 saturated carbocycles. The highest BCUT2D eigenvalue weighted by Gasteiger charge is 2.30. The van der Waals surface area contributed by atoms with Gasteiger partial charge in [0.2, 0.25) is 5.91 Å². The molecule has 7 heteroatoms. The molecule has 0 atom stereocenters. The number of urea groups is 1. The molecule has 0 aliphatic rings. The van der Waals surface area contributed by atoms with E-state index < -0.39 is 29.1 Å². The molecular formula is C14H17FN2O4. The summed E-state index contributed by atoms with van der Waals surface area (Å²) < 4.78 is 12.9. The molecule has 0 bridgehead atoms. The van der Waals surface area contributed by atoms with Crippen LogP contribution in [-0.2, 0) is 9.59 Å². The van der Waals surface area contributed by atoms with Crippen LogP contribution < -0.4 is 10.6 Å². The zero-order chi connectivity index (χ0) is 16.2. The Labute approximate surface area is 121 Å². The fourth-order valence-electron chi connectivity index (χ4n) is 1.57. The summed E-state index contributed by atoms with van der Waals surface area (Å²) in [5.41, 5.74) is -0.404. The first-order valence-corrected chi connectivity index (χ1v) is 6.22. The molecule has 1 aromatic rings. The van der Waals surface area contributed by atoms with Crippen LogP contribution in [0.2, 0.25) is 0 Å². The normalized spacial score (nSPS) is 10.9. The smallest absolute Gasteiger partial charge is 0.325 e. The van der Waals surface area contributed by atoms with E-state index in [9.17, 15) is 18.8 Å². The molecule has 0 spiro atoms. The lowest BCUT2D eigenvalue weighted by molar-refractivity contribution is -0.149. The number of aliphatic carboxylic acids is 1. The van der Waals surface area contributed by atoms with Crippen LogP contribution in [0.15, 0.2) is 18.2 Å². The van der Waals surface area contributed by atoms with Gasteiger partial charge in [0.15, 0.2) is 0 Å². The molecule has 3 amide bonds. The second kappa shape index (κ2) is 6.34. The van der Waals surface area contributed by atoms with E-state index in [-0.39, 0.29) is 6.42 Å². The number of nitrogens with one attached hydrogen (secondary N) is 2. The van der Waals surface area contributed by atoms with Crippen LogP contribution in [0, 0.1) is 18.2 Å². The summed E-state index contributed by atoms with van der Waals surface area (Å²) >= 11 is 0. The minimum atomic E-state index is -1.27. The second-order valence-electron chi connectivity index (χ2n) is 5.33. The third-order valence-corrected chi connectivity index (χ3v) is 2.87. The van der Waals surface area contributed by atoms with Gasteiger partial charge in [0.25, 0.3) is 0 Å². The Bertz CT molecular complexity index is 584. The van der Waals surface area contributed by atoms with Gasteiger partial charge >= 0.3 is 12.0 Å². The van der Waals surface area contributed by atoms with E-state index in [1.807, 2.05) is 5.32 Å². The van der Waals surface area contributed by atoms with E-state index in [0.29, 0.717) is 11.3 Å². The van der Waals surface area contributed by atoms with E-state index >= 15 is 0 Å². The number of carboxylic acids is 1. The maximum atomic E-state index is 12.9. The van der Waals surface area contributed by atoms with Crippen LogP contribution in [0.3, 0.4) is 0 Å². The van der Waals surface area contributed by atoms with Gasteiger partial charge in [0, 0.05) is 12.1 Å². The van der Waals surface area contributed by atoms with Crippen LogP contribution in [0.4, 0.5) is 14.9 Å². The molecule has 0 heterocycles. The molecule has 1 rings (SSSR count). The van der Waals surface area contributed by atoms with Crippen LogP contribution in [0.1, 0.15) is 25.8 Å². The van der Waals surface area contributed by atoms with Crippen LogP contribution in [0.5, 0.6) is 0 Å². The SMILES string of the molecule is Cc1cc(F)ccc1NC(=O)NC(=O)CC(C)(C)C(=O)O. The molecule has 0 aliphatic carbocycles. The second-order valence-corrected chi connectivity index (χ2v) is 5.33. The van der Waals surface area contributed by atoms with E-state index in [0.717, 1.165) is 0 Å². The number of benzene rings is 1. The van der Waals surface area contributed by atoms with Gasteiger partial charge in [-0.15, -0.1) is 0 Å². The molecule has 0 unspecified atom stereocenters. The quantitative estimate of drug-likeness (QED) is 0.794. The van der Waals surface area contributed by atoms with Gasteiger partial charge in [-0.3, -0.25) is 14.9 Å². The molecule has 0 radical (unpaired) electrons. The van der Waals surface area contributed by atoms with E-state index in [4.69, 9.17) is 5.11 Å². The van der Waals surface area contributed by atoms with Crippen molar-refractivity contribution in [3.05, 3.63) is 29.6 Å². The van der Waals surface area contributed by atoms with Crippen molar-refractivity contribution in [2.24, 2.45) is 5.41 Å². The Morgan fingerprint density at radius 1 is 1.29 bits per heavy atom. The van der Waals surface area contributed by atoms with Gasteiger partial charge in [0.05, 0.1) is 5.41 Å². The van der Waals surface area contributed by atoms with Crippen LogP contribution in [0.25, 0.3) is 0 Å². The van der Waals surface area contributed by atoms with Crippen molar-refractivity contribution in [1.29, 1.82) is 0 Å². The Morgan fingerprint density at radius 2 is 1.90 bits per heavy atom. The maximum absolute atomic E-state index is 12.9. The number of carbonyl (C=O) groups is 3. The number of amides is 3. The molecule has 0 fully saturated rings. The highest BCUT2D eigenvalue weighted by molar-refractivity contribution is 6.02. The predicted octanol–water partition coefficient (Wildman–Crippen LogP) is 2.28. The number of imide groups is 1. The zero-order valence-electron chi connectivity index (χ0n) is 12.0. The number of carbonyl (C=O) groups excluding carboxylic acids is 2. The van der Waals surface area contributed by atoms with E-state index in [1.165, 1.54) is 32.0 Å². The Balaban J connectivity index is 2.61. The summed E-state index contributed by atoms with van der Waals surface area (Å²) in [5, 5.41) is 13.3. The van der Waals surface area contributed by atoms with Gasteiger partial charge in [-0.25, -0.2) is 9.18 Å². The number of carboxylic acid groups (broad SMARTS) is 1. The number of hydrogen-bond acceptors (Lipinski definition) is 3. The number of hydrogen-bond donors (Lipinski definition) is 3. The van der Waals surface area contributed by atoms with Gasteiger partial charge in [-0.2, -0.15) is 0 Å². The van der Waals surface area contributed by atoms with Gasteiger partial charge in [-0.05, 0) is 44.5 Å². The van der Waals surface area contributed by atoms with Crippen LogP contribution >= 0.6 is 0 Å². The molecule has 0 aliphatic heterocycles.